The smallest absolute Gasteiger partial charge is 0.227 e. The molecule has 1 amide bonds. The van der Waals surface area contributed by atoms with Crippen molar-refractivity contribution in [3.63, 3.8) is 0 Å². The van der Waals surface area contributed by atoms with Crippen LogP contribution in [0.2, 0.25) is 0 Å². The molecule has 0 aromatic heterocycles. The molecule has 22 heavy (non-hydrogen) atoms. The molecule has 114 valence electrons. The van der Waals surface area contributed by atoms with E-state index in [-0.39, 0.29) is 5.91 Å². The zero-order chi connectivity index (χ0) is 15.4. The van der Waals surface area contributed by atoms with Crippen molar-refractivity contribution < 1.29 is 4.79 Å². The van der Waals surface area contributed by atoms with Crippen molar-refractivity contribution in [2.45, 2.75) is 38.6 Å². The minimum Gasteiger partial charge on any atom is -0.340 e. The highest BCUT2D eigenvalue weighted by atomic mass is 16.2. The van der Waals surface area contributed by atoms with E-state index >= 15 is 0 Å². The van der Waals surface area contributed by atoms with Gasteiger partial charge in [0, 0.05) is 12.6 Å². The monoisotopic (exact) mass is 293 g/mol. The summed E-state index contributed by atoms with van der Waals surface area (Å²) in [5.41, 5.74) is 3.48. The number of piperidine rings is 1. The normalized spacial score (nSPS) is 18.2. The third-order valence-corrected chi connectivity index (χ3v) is 4.51. The van der Waals surface area contributed by atoms with Gasteiger partial charge < -0.3 is 4.90 Å². The second-order valence-electron chi connectivity index (χ2n) is 6.18. The Bertz CT molecular complexity index is 635. The Hall–Kier alpha value is -2.09. The van der Waals surface area contributed by atoms with Gasteiger partial charge in [-0.1, -0.05) is 54.6 Å². The fourth-order valence-electron chi connectivity index (χ4n) is 3.24. The first-order valence-electron chi connectivity index (χ1n) is 8.18. The standard InChI is InChI=1S/C20H23NO/c1-16-8-5-6-13-21(16)20(22)15-17-9-7-12-19(14-17)18-10-3-2-4-11-18/h2-4,7,9-12,14,16H,5-6,8,13,15H2,1H3/t16-/m0/s1. The highest BCUT2D eigenvalue weighted by molar-refractivity contribution is 5.80. The van der Waals surface area contributed by atoms with E-state index in [1.54, 1.807) is 0 Å². The molecule has 2 aromatic rings. The van der Waals surface area contributed by atoms with Crippen molar-refractivity contribution in [2.75, 3.05) is 6.54 Å². The summed E-state index contributed by atoms with van der Waals surface area (Å²) in [6.45, 7) is 3.08. The summed E-state index contributed by atoms with van der Waals surface area (Å²) in [5, 5.41) is 0. The molecule has 0 bridgehead atoms. The summed E-state index contributed by atoms with van der Waals surface area (Å²) in [6.07, 6.45) is 4.02. The number of carbonyl (C=O) groups is 1. The van der Waals surface area contributed by atoms with Gasteiger partial charge in [0.05, 0.1) is 6.42 Å². The zero-order valence-corrected chi connectivity index (χ0v) is 13.2. The number of amides is 1. The van der Waals surface area contributed by atoms with E-state index in [4.69, 9.17) is 0 Å². The second-order valence-corrected chi connectivity index (χ2v) is 6.18. The van der Waals surface area contributed by atoms with E-state index in [9.17, 15) is 4.79 Å². The minimum atomic E-state index is 0.261. The molecule has 0 spiro atoms. The molecule has 0 saturated carbocycles. The molecule has 0 radical (unpaired) electrons. The quantitative estimate of drug-likeness (QED) is 0.826. The van der Waals surface area contributed by atoms with Crippen LogP contribution in [0.5, 0.6) is 0 Å². The molecule has 3 rings (SSSR count). The van der Waals surface area contributed by atoms with Crippen LogP contribution in [0, 0.1) is 0 Å². The molecule has 0 aliphatic carbocycles. The Morgan fingerprint density at radius 3 is 2.59 bits per heavy atom. The highest BCUT2D eigenvalue weighted by Crippen LogP contribution is 2.22. The van der Waals surface area contributed by atoms with Crippen LogP contribution in [0.3, 0.4) is 0 Å². The Morgan fingerprint density at radius 2 is 1.82 bits per heavy atom. The average Bonchev–Trinajstić information content (AvgIpc) is 2.56. The van der Waals surface area contributed by atoms with Crippen molar-refractivity contribution >= 4 is 5.91 Å². The van der Waals surface area contributed by atoms with Gasteiger partial charge >= 0.3 is 0 Å². The zero-order valence-electron chi connectivity index (χ0n) is 13.2. The topological polar surface area (TPSA) is 20.3 Å². The van der Waals surface area contributed by atoms with Gasteiger partial charge in [0.15, 0.2) is 0 Å². The van der Waals surface area contributed by atoms with E-state index in [0.717, 1.165) is 24.9 Å². The number of hydrogen-bond donors (Lipinski definition) is 0. The van der Waals surface area contributed by atoms with Crippen LogP contribution >= 0.6 is 0 Å². The van der Waals surface area contributed by atoms with Gasteiger partial charge in [-0.05, 0) is 42.9 Å². The largest absolute Gasteiger partial charge is 0.340 e. The minimum absolute atomic E-state index is 0.261. The summed E-state index contributed by atoms with van der Waals surface area (Å²) >= 11 is 0. The van der Waals surface area contributed by atoms with Crippen LogP contribution < -0.4 is 0 Å². The van der Waals surface area contributed by atoms with Crippen LogP contribution in [0.25, 0.3) is 11.1 Å². The third-order valence-electron chi connectivity index (χ3n) is 4.51. The van der Waals surface area contributed by atoms with E-state index in [1.165, 1.54) is 17.5 Å². The van der Waals surface area contributed by atoms with Crippen molar-refractivity contribution in [3.8, 4) is 11.1 Å². The maximum absolute atomic E-state index is 12.6. The Morgan fingerprint density at radius 1 is 1.05 bits per heavy atom. The predicted molar refractivity (Wildman–Crippen MR) is 90.6 cm³/mol. The van der Waals surface area contributed by atoms with Gasteiger partial charge in [-0.25, -0.2) is 0 Å². The number of benzene rings is 2. The molecule has 0 N–H and O–H groups in total. The lowest BCUT2D eigenvalue weighted by Gasteiger charge is -2.33. The van der Waals surface area contributed by atoms with E-state index < -0.39 is 0 Å². The number of hydrogen-bond acceptors (Lipinski definition) is 1. The lowest BCUT2D eigenvalue weighted by Crippen LogP contribution is -2.42. The van der Waals surface area contributed by atoms with Gasteiger partial charge in [0.1, 0.15) is 0 Å². The van der Waals surface area contributed by atoms with Crippen molar-refractivity contribution in [3.05, 3.63) is 60.2 Å². The number of carbonyl (C=O) groups excluding carboxylic acids is 1. The predicted octanol–water partition coefficient (Wildman–Crippen LogP) is 4.30. The number of rotatable bonds is 3. The van der Waals surface area contributed by atoms with Crippen LogP contribution in [0.1, 0.15) is 31.7 Å². The van der Waals surface area contributed by atoms with Crippen LogP contribution in [-0.4, -0.2) is 23.4 Å². The van der Waals surface area contributed by atoms with Crippen molar-refractivity contribution in [2.24, 2.45) is 0 Å². The van der Waals surface area contributed by atoms with Gasteiger partial charge in [0.2, 0.25) is 5.91 Å². The van der Waals surface area contributed by atoms with Crippen molar-refractivity contribution in [1.29, 1.82) is 0 Å². The Labute approximate surface area is 132 Å². The maximum Gasteiger partial charge on any atom is 0.227 e. The number of likely N-dealkylation sites (tertiary alicyclic amines) is 1. The van der Waals surface area contributed by atoms with E-state index in [0.29, 0.717) is 12.5 Å². The summed E-state index contributed by atoms with van der Waals surface area (Å²) in [6, 6.07) is 19.1. The van der Waals surface area contributed by atoms with Crippen LogP contribution in [0.15, 0.2) is 54.6 Å². The summed E-state index contributed by atoms with van der Waals surface area (Å²) in [4.78, 5) is 14.6. The molecule has 1 heterocycles. The lowest BCUT2D eigenvalue weighted by atomic mass is 10.00. The third kappa shape index (κ3) is 3.38. The molecule has 2 heteroatoms. The van der Waals surface area contributed by atoms with Gasteiger partial charge in [-0.2, -0.15) is 0 Å². The molecule has 1 saturated heterocycles. The first-order chi connectivity index (χ1) is 10.7. The summed E-state index contributed by atoms with van der Waals surface area (Å²) < 4.78 is 0. The number of nitrogens with zero attached hydrogens (tertiary/aromatic N) is 1. The first-order valence-corrected chi connectivity index (χ1v) is 8.18. The van der Waals surface area contributed by atoms with Crippen LogP contribution in [0.4, 0.5) is 0 Å². The summed E-state index contributed by atoms with van der Waals surface area (Å²) in [5.74, 6) is 0.261. The molecular formula is C20H23NO. The van der Waals surface area contributed by atoms with Gasteiger partial charge in [0.25, 0.3) is 0 Å². The Balaban J connectivity index is 1.74. The fourth-order valence-corrected chi connectivity index (χ4v) is 3.24. The van der Waals surface area contributed by atoms with Crippen molar-refractivity contribution in [1.82, 2.24) is 4.90 Å². The molecule has 0 unspecified atom stereocenters. The van der Waals surface area contributed by atoms with Gasteiger partial charge in [-0.3, -0.25) is 4.79 Å². The second kappa shape index (κ2) is 6.78. The first kappa shape index (κ1) is 14.8. The lowest BCUT2D eigenvalue weighted by molar-refractivity contribution is -0.133. The van der Waals surface area contributed by atoms with Crippen LogP contribution in [-0.2, 0) is 11.2 Å². The molecule has 1 aliphatic rings. The molecule has 2 aromatic carbocycles. The molecular weight excluding hydrogens is 270 g/mol. The molecule has 1 aliphatic heterocycles. The molecule has 2 nitrogen and oxygen atoms in total. The maximum atomic E-state index is 12.6. The highest BCUT2D eigenvalue weighted by Gasteiger charge is 2.22. The van der Waals surface area contributed by atoms with E-state index in [1.807, 2.05) is 24.3 Å². The summed E-state index contributed by atoms with van der Waals surface area (Å²) in [7, 11) is 0. The average molecular weight is 293 g/mol. The SMILES string of the molecule is C[C@H]1CCCCN1C(=O)Cc1cccc(-c2ccccc2)c1. The Kier molecular flexibility index (Phi) is 4.57. The van der Waals surface area contributed by atoms with E-state index in [2.05, 4.69) is 42.2 Å². The fraction of sp³-hybridized carbons (Fsp3) is 0.350. The van der Waals surface area contributed by atoms with Gasteiger partial charge in [-0.15, -0.1) is 0 Å². The molecule has 1 atom stereocenters. The molecule has 1 fully saturated rings.